The second kappa shape index (κ2) is 9.54. The molecule has 1 aliphatic heterocycles. The van der Waals surface area contributed by atoms with Gasteiger partial charge in [-0.25, -0.2) is 4.99 Å². The summed E-state index contributed by atoms with van der Waals surface area (Å²) in [5.74, 6) is 2.13. The van der Waals surface area contributed by atoms with E-state index in [0.29, 0.717) is 29.7 Å². The van der Waals surface area contributed by atoms with Crippen molar-refractivity contribution in [2.45, 2.75) is 18.6 Å². The van der Waals surface area contributed by atoms with Crippen LogP contribution < -0.4 is 14.2 Å². The van der Waals surface area contributed by atoms with E-state index < -0.39 is 0 Å². The minimum absolute atomic E-state index is 0.0296. The third kappa shape index (κ3) is 4.87. The van der Waals surface area contributed by atoms with Crippen molar-refractivity contribution in [1.29, 1.82) is 0 Å². The van der Waals surface area contributed by atoms with Gasteiger partial charge in [0, 0.05) is 11.5 Å². The molecule has 2 aromatic rings. The van der Waals surface area contributed by atoms with Gasteiger partial charge in [0.25, 0.3) is 0 Å². The Morgan fingerprint density at radius 1 is 1.14 bits per heavy atom. The molecular weight excluding hydrogens is 456 g/mol. The lowest BCUT2D eigenvalue weighted by Gasteiger charge is -2.14. The van der Waals surface area contributed by atoms with Gasteiger partial charge in [0.2, 0.25) is 5.91 Å². The Bertz CT molecular complexity index is 918. The molecule has 0 spiro atoms. The quantitative estimate of drug-likeness (QED) is 0.578. The molecule has 154 valence electrons. The Morgan fingerprint density at radius 2 is 1.86 bits per heavy atom. The molecule has 0 aromatic heterocycles. The van der Waals surface area contributed by atoms with Gasteiger partial charge in [0.1, 0.15) is 5.75 Å². The van der Waals surface area contributed by atoms with Crippen LogP contribution >= 0.6 is 27.7 Å². The lowest BCUT2D eigenvalue weighted by molar-refractivity contribution is -0.125. The van der Waals surface area contributed by atoms with Crippen LogP contribution in [0.4, 0.5) is 5.69 Å². The molecular formula is C21H23BrN2O4S. The molecule has 1 atom stereocenters. The van der Waals surface area contributed by atoms with Gasteiger partial charge in [0.15, 0.2) is 16.7 Å². The molecule has 0 unspecified atom stereocenters. The molecule has 29 heavy (non-hydrogen) atoms. The summed E-state index contributed by atoms with van der Waals surface area (Å²) in [4.78, 5) is 19.0. The minimum Gasteiger partial charge on any atom is -0.497 e. The van der Waals surface area contributed by atoms with E-state index in [0.717, 1.165) is 21.5 Å². The fraction of sp³-hybridized carbons (Fsp3) is 0.333. The van der Waals surface area contributed by atoms with Crippen molar-refractivity contribution in [1.82, 2.24) is 4.90 Å². The average Bonchev–Trinajstić information content (AvgIpc) is 2.98. The average molecular weight is 479 g/mol. The molecule has 0 saturated carbocycles. The molecule has 0 bridgehead atoms. The van der Waals surface area contributed by atoms with Crippen LogP contribution in [-0.2, 0) is 11.2 Å². The summed E-state index contributed by atoms with van der Waals surface area (Å²) in [5, 5.41) is 0.426. The van der Waals surface area contributed by atoms with Crippen LogP contribution in [0.15, 0.2) is 45.9 Å². The van der Waals surface area contributed by atoms with Crippen LogP contribution in [0.25, 0.3) is 0 Å². The molecule has 0 N–H and O–H groups in total. The molecule has 1 fully saturated rings. The van der Waals surface area contributed by atoms with Crippen molar-refractivity contribution in [3.05, 3.63) is 46.4 Å². The van der Waals surface area contributed by atoms with Crippen molar-refractivity contribution >= 4 is 44.5 Å². The molecule has 1 heterocycles. The molecule has 0 aliphatic carbocycles. The number of methoxy groups -OCH3 is 2. The van der Waals surface area contributed by atoms with E-state index in [1.54, 1.807) is 26.2 Å². The Kier molecular flexibility index (Phi) is 7.08. The molecule has 2 aromatic carbocycles. The molecule has 0 radical (unpaired) electrons. The zero-order valence-corrected chi connectivity index (χ0v) is 19.2. The van der Waals surface area contributed by atoms with Crippen molar-refractivity contribution < 1.29 is 19.0 Å². The first-order valence-corrected chi connectivity index (χ1v) is 10.8. The maximum Gasteiger partial charge on any atom is 0.242 e. The third-order valence-electron chi connectivity index (χ3n) is 4.48. The summed E-state index contributed by atoms with van der Waals surface area (Å²) in [7, 11) is 4.99. The van der Waals surface area contributed by atoms with Gasteiger partial charge in [-0.2, -0.15) is 0 Å². The van der Waals surface area contributed by atoms with Crippen LogP contribution in [0.3, 0.4) is 0 Å². The van der Waals surface area contributed by atoms with E-state index in [1.165, 1.54) is 11.8 Å². The van der Waals surface area contributed by atoms with E-state index in [-0.39, 0.29) is 11.2 Å². The largest absolute Gasteiger partial charge is 0.497 e. The first-order chi connectivity index (χ1) is 14.0. The summed E-state index contributed by atoms with van der Waals surface area (Å²) < 4.78 is 17.1. The first-order valence-electron chi connectivity index (χ1n) is 9.13. The SMILES string of the molecule is CCOc1cc(Br)c(C[C@H]2SC(=Nc3ccc(OC)cc3)N(C)C2=O)cc1OC. The monoisotopic (exact) mass is 478 g/mol. The van der Waals surface area contributed by atoms with Crippen molar-refractivity contribution in [3.8, 4) is 17.2 Å². The standard InChI is InChI=1S/C21H23BrN2O4S/c1-5-28-18-12-16(22)13(10-17(18)27-4)11-19-20(25)24(2)21(29-19)23-14-6-8-15(26-3)9-7-14/h6-10,12,19H,5,11H2,1-4H3/t19-/m1/s1. The molecule has 1 amide bonds. The summed E-state index contributed by atoms with van der Waals surface area (Å²) in [5.41, 5.74) is 1.76. The van der Waals surface area contributed by atoms with Crippen LogP contribution in [0.2, 0.25) is 0 Å². The number of amidine groups is 1. The summed E-state index contributed by atoms with van der Waals surface area (Å²) in [6, 6.07) is 11.2. The van der Waals surface area contributed by atoms with E-state index >= 15 is 0 Å². The zero-order chi connectivity index (χ0) is 21.0. The molecule has 8 heteroatoms. The highest BCUT2D eigenvalue weighted by Crippen LogP contribution is 2.37. The number of aliphatic imine (C=N–C) groups is 1. The highest BCUT2D eigenvalue weighted by atomic mass is 79.9. The van der Waals surface area contributed by atoms with Gasteiger partial charge >= 0.3 is 0 Å². The topological polar surface area (TPSA) is 60.4 Å². The van der Waals surface area contributed by atoms with Gasteiger partial charge in [-0.15, -0.1) is 0 Å². The van der Waals surface area contributed by atoms with Gasteiger partial charge < -0.3 is 14.2 Å². The Labute approximate surface area is 183 Å². The van der Waals surface area contributed by atoms with Crippen LogP contribution in [0.1, 0.15) is 12.5 Å². The number of ether oxygens (including phenoxy) is 3. The molecule has 3 rings (SSSR count). The summed E-state index contributed by atoms with van der Waals surface area (Å²) in [6.45, 7) is 2.48. The van der Waals surface area contributed by atoms with Crippen molar-refractivity contribution in [2.24, 2.45) is 4.99 Å². The maximum atomic E-state index is 12.8. The second-order valence-electron chi connectivity index (χ2n) is 6.33. The number of carbonyl (C=O) groups excluding carboxylic acids is 1. The van der Waals surface area contributed by atoms with Crippen LogP contribution in [0, 0.1) is 0 Å². The second-order valence-corrected chi connectivity index (χ2v) is 8.35. The lowest BCUT2D eigenvalue weighted by Crippen LogP contribution is -2.28. The molecule has 1 saturated heterocycles. The number of nitrogens with zero attached hydrogens (tertiary/aromatic N) is 2. The van der Waals surface area contributed by atoms with Crippen molar-refractivity contribution in [3.63, 3.8) is 0 Å². The van der Waals surface area contributed by atoms with Gasteiger partial charge in [-0.1, -0.05) is 27.7 Å². The third-order valence-corrected chi connectivity index (χ3v) is 6.44. The summed E-state index contributed by atoms with van der Waals surface area (Å²) in [6.07, 6.45) is 0.554. The predicted octanol–water partition coefficient (Wildman–Crippen LogP) is 4.67. The first kappa shape index (κ1) is 21.5. The highest BCUT2D eigenvalue weighted by Gasteiger charge is 2.36. The number of thioether (sulfide) groups is 1. The number of rotatable bonds is 7. The number of hydrogen-bond donors (Lipinski definition) is 0. The van der Waals surface area contributed by atoms with Crippen LogP contribution in [-0.4, -0.2) is 49.1 Å². The molecule has 1 aliphatic rings. The van der Waals surface area contributed by atoms with E-state index in [1.807, 2.05) is 43.3 Å². The smallest absolute Gasteiger partial charge is 0.242 e. The molecule has 6 nitrogen and oxygen atoms in total. The minimum atomic E-state index is -0.254. The van der Waals surface area contributed by atoms with E-state index in [4.69, 9.17) is 14.2 Å². The number of hydrogen-bond acceptors (Lipinski definition) is 6. The summed E-state index contributed by atoms with van der Waals surface area (Å²) >= 11 is 5.06. The number of benzene rings is 2. The van der Waals surface area contributed by atoms with Gasteiger partial charge in [0.05, 0.1) is 31.8 Å². The van der Waals surface area contributed by atoms with E-state index in [9.17, 15) is 4.79 Å². The van der Waals surface area contributed by atoms with Gasteiger partial charge in [-0.3, -0.25) is 9.69 Å². The fourth-order valence-electron chi connectivity index (χ4n) is 2.93. The lowest BCUT2D eigenvalue weighted by atomic mass is 10.1. The normalized spacial score (nSPS) is 17.7. The Morgan fingerprint density at radius 3 is 2.48 bits per heavy atom. The van der Waals surface area contributed by atoms with Crippen molar-refractivity contribution in [2.75, 3.05) is 27.9 Å². The number of halogens is 1. The Hall–Kier alpha value is -2.19. The highest BCUT2D eigenvalue weighted by molar-refractivity contribution is 9.10. The predicted molar refractivity (Wildman–Crippen MR) is 120 cm³/mol. The Balaban J connectivity index is 1.80. The van der Waals surface area contributed by atoms with Gasteiger partial charge in [-0.05, 0) is 55.3 Å². The zero-order valence-electron chi connectivity index (χ0n) is 16.8. The number of carbonyl (C=O) groups is 1. The number of amides is 1. The fourth-order valence-corrected chi connectivity index (χ4v) is 4.59. The maximum absolute atomic E-state index is 12.8. The van der Waals surface area contributed by atoms with E-state index in [2.05, 4.69) is 20.9 Å². The van der Waals surface area contributed by atoms with Crippen LogP contribution in [0.5, 0.6) is 17.2 Å².